The first kappa shape index (κ1) is 14.2. The number of nitrogens with one attached hydrogen (secondary N) is 1. The van der Waals surface area contributed by atoms with E-state index in [4.69, 9.17) is 5.84 Å². The summed E-state index contributed by atoms with van der Waals surface area (Å²) in [5, 5.41) is 0. The molecule has 2 nitrogen and oxygen atoms in total. The normalized spacial score (nSPS) is 12.5. The fraction of sp³-hybridized carbons (Fsp3) is 0.200. The number of hydrogen-bond donors (Lipinski definition) is 2. The Hall–Kier alpha value is -1.23. The zero-order valence-corrected chi connectivity index (χ0v) is 12.5. The van der Waals surface area contributed by atoms with Gasteiger partial charge in [-0.15, -0.1) is 0 Å². The lowest BCUT2D eigenvalue weighted by Gasteiger charge is -2.20. The van der Waals surface area contributed by atoms with Crippen LogP contribution in [0, 0.1) is 19.7 Å². The van der Waals surface area contributed by atoms with E-state index in [1.54, 1.807) is 6.07 Å². The van der Waals surface area contributed by atoms with Crippen LogP contribution in [0.2, 0.25) is 0 Å². The van der Waals surface area contributed by atoms with Gasteiger partial charge in [0.25, 0.3) is 0 Å². The molecule has 0 aliphatic heterocycles. The van der Waals surface area contributed by atoms with Crippen molar-refractivity contribution in [3.8, 4) is 0 Å². The lowest BCUT2D eigenvalue weighted by atomic mass is 9.94. The van der Waals surface area contributed by atoms with Crippen LogP contribution in [0.4, 0.5) is 4.39 Å². The number of nitrogens with two attached hydrogens (primary N) is 1. The molecule has 1 atom stereocenters. The molecule has 1 unspecified atom stereocenters. The Bertz CT molecular complexity index is 599. The number of rotatable bonds is 3. The average molecular weight is 323 g/mol. The topological polar surface area (TPSA) is 38.0 Å². The van der Waals surface area contributed by atoms with E-state index >= 15 is 0 Å². The summed E-state index contributed by atoms with van der Waals surface area (Å²) < 4.78 is 14.5. The summed E-state index contributed by atoms with van der Waals surface area (Å²) in [6.07, 6.45) is 0. The molecule has 2 aromatic rings. The van der Waals surface area contributed by atoms with E-state index < -0.39 is 0 Å². The summed E-state index contributed by atoms with van der Waals surface area (Å²) in [4.78, 5) is 0. The Labute approximate surface area is 120 Å². The summed E-state index contributed by atoms with van der Waals surface area (Å²) in [5.41, 5.74) is 6.75. The molecule has 3 N–H and O–H groups in total. The lowest BCUT2D eigenvalue weighted by molar-refractivity contribution is 0.602. The van der Waals surface area contributed by atoms with E-state index in [2.05, 4.69) is 21.4 Å². The highest BCUT2D eigenvalue weighted by Crippen LogP contribution is 2.27. The molecule has 100 valence electrons. The maximum Gasteiger partial charge on any atom is 0.123 e. The third kappa shape index (κ3) is 3.03. The van der Waals surface area contributed by atoms with Gasteiger partial charge in [-0.25, -0.2) is 9.82 Å². The van der Waals surface area contributed by atoms with E-state index in [0.29, 0.717) is 0 Å². The van der Waals surface area contributed by atoms with Crippen LogP contribution in [0.3, 0.4) is 0 Å². The van der Waals surface area contributed by atoms with Crippen LogP contribution in [0.15, 0.2) is 40.9 Å². The Morgan fingerprint density at radius 3 is 2.47 bits per heavy atom. The van der Waals surface area contributed by atoms with Crippen molar-refractivity contribution in [3.05, 3.63) is 68.9 Å². The molecule has 0 fully saturated rings. The molecule has 0 bridgehead atoms. The summed E-state index contributed by atoms with van der Waals surface area (Å²) in [7, 11) is 0. The van der Waals surface area contributed by atoms with E-state index in [0.717, 1.165) is 26.7 Å². The molecule has 2 rings (SSSR count). The minimum atomic E-state index is -0.255. The minimum absolute atomic E-state index is 0.220. The van der Waals surface area contributed by atoms with Gasteiger partial charge in [-0.1, -0.05) is 34.1 Å². The number of hydrazine groups is 1. The second kappa shape index (κ2) is 5.82. The second-order valence-electron chi connectivity index (χ2n) is 4.61. The fourth-order valence-electron chi connectivity index (χ4n) is 2.14. The maximum atomic E-state index is 13.4. The first-order valence-corrected chi connectivity index (χ1v) is 6.80. The molecule has 0 aromatic heterocycles. The molecule has 0 saturated heterocycles. The average Bonchev–Trinajstić information content (AvgIpc) is 2.38. The zero-order chi connectivity index (χ0) is 14.0. The molecule has 0 heterocycles. The van der Waals surface area contributed by atoms with Crippen LogP contribution in [0.5, 0.6) is 0 Å². The van der Waals surface area contributed by atoms with E-state index in [1.165, 1.54) is 12.1 Å². The monoisotopic (exact) mass is 322 g/mol. The molecule has 0 radical (unpaired) electrons. The molecule has 19 heavy (non-hydrogen) atoms. The van der Waals surface area contributed by atoms with Crippen molar-refractivity contribution < 1.29 is 4.39 Å². The predicted molar refractivity (Wildman–Crippen MR) is 79.2 cm³/mol. The van der Waals surface area contributed by atoms with Crippen LogP contribution in [-0.4, -0.2) is 0 Å². The van der Waals surface area contributed by atoms with Crippen LogP contribution in [0.25, 0.3) is 0 Å². The SMILES string of the molecule is Cc1cc(C(NN)c2cc(F)ccc2C)ccc1Br. The molecule has 0 spiro atoms. The Morgan fingerprint density at radius 1 is 1.11 bits per heavy atom. The molecule has 0 aliphatic carbocycles. The highest BCUT2D eigenvalue weighted by molar-refractivity contribution is 9.10. The van der Waals surface area contributed by atoms with Gasteiger partial charge in [0.2, 0.25) is 0 Å². The van der Waals surface area contributed by atoms with Gasteiger partial charge in [-0.05, 0) is 54.3 Å². The Kier molecular flexibility index (Phi) is 4.34. The predicted octanol–water partition coefficient (Wildman–Crippen LogP) is 3.76. The largest absolute Gasteiger partial charge is 0.271 e. The molecule has 0 amide bonds. The summed E-state index contributed by atoms with van der Waals surface area (Å²) in [6, 6.07) is 10.5. The van der Waals surface area contributed by atoms with Crippen LogP contribution >= 0.6 is 15.9 Å². The van der Waals surface area contributed by atoms with Crippen molar-refractivity contribution in [1.82, 2.24) is 5.43 Å². The maximum absolute atomic E-state index is 13.4. The molecule has 4 heteroatoms. The van der Waals surface area contributed by atoms with Gasteiger partial charge in [-0.3, -0.25) is 5.84 Å². The molecule has 0 aliphatic rings. The second-order valence-corrected chi connectivity index (χ2v) is 5.46. The van der Waals surface area contributed by atoms with Crippen molar-refractivity contribution in [3.63, 3.8) is 0 Å². The zero-order valence-electron chi connectivity index (χ0n) is 10.9. The summed E-state index contributed by atoms with van der Waals surface area (Å²) >= 11 is 3.47. The van der Waals surface area contributed by atoms with Crippen LogP contribution in [0.1, 0.15) is 28.3 Å². The van der Waals surface area contributed by atoms with Gasteiger partial charge in [0.05, 0.1) is 6.04 Å². The van der Waals surface area contributed by atoms with Crippen molar-refractivity contribution >= 4 is 15.9 Å². The lowest BCUT2D eigenvalue weighted by Crippen LogP contribution is -2.29. The summed E-state index contributed by atoms with van der Waals surface area (Å²) in [6.45, 7) is 3.96. The van der Waals surface area contributed by atoms with Crippen molar-refractivity contribution in [2.24, 2.45) is 5.84 Å². The van der Waals surface area contributed by atoms with Gasteiger partial charge >= 0.3 is 0 Å². The van der Waals surface area contributed by atoms with Gasteiger partial charge in [0.15, 0.2) is 0 Å². The third-order valence-corrected chi connectivity index (χ3v) is 4.12. The third-order valence-electron chi connectivity index (χ3n) is 3.23. The fourth-order valence-corrected chi connectivity index (χ4v) is 2.38. The quantitative estimate of drug-likeness (QED) is 0.667. The van der Waals surface area contributed by atoms with E-state index in [-0.39, 0.29) is 11.9 Å². The molecular weight excluding hydrogens is 307 g/mol. The number of hydrogen-bond acceptors (Lipinski definition) is 2. The molecule has 2 aromatic carbocycles. The van der Waals surface area contributed by atoms with Gasteiger partial charge in [0.1, 0.15) is 5.82 Å². The Balaban J connectivity index is 2.49. The number of halogens is 2. The number of benzene rings is 2. The number of aryl methyl sites for hydroxylation is 2. The smallest absolute Gasteiger partial charge is 0.123 e. The van der Waals surface area contributed by atoms with Gasteiger partial charge in [0, 0.05) is 4.47 Å². The highest BCUT2D eigenvalue weighted by Gasteiger charge is 2.16. The molecular formula is C15H16BrFN2. The van der Waals surface area contributed by atoms with Crippen LogP contribution in [-0.2, 0) is 0 Å². The highest BCUT2D eigenvalue weighted by atomic mass is 79.9. The standard InChI is InChI=1S/C15H16BrFN2/c1-9-3-5-12(17)8-13(9)15(19-18)11-4-6-14(16)10(2)7-11/h3-8,15,19H,18H2,1-2H3. The van der Waals surface area contributed by atoms with Gasteiger partial charge < -0.3 is 0 Å². The first-order valence-electron chi connectivity index (χ1n) is 6.01. The van der Waals surface area contributed by atoms with Crippen LogP contribution < -0.4 is 11.3 Å². The van der Waals surface area contributed by atoms with E-state index in [9.17, 15) is 4.39 Å². The van der Waals surface area contributed by atoms with Crippen molar-refractivity contribution in [2.45, 2.75) is 19.9 Å². The minimum Gasteiger partial charge on any atom is -0.271 e. The summed E-state index contributed by atoms with van der Waals surface area (Å²) in [5.74, 6) is 5.40. The van der Waals surface area contributed by atoms with Crippen molar-refractivity contribution in [1.29, 1.82) is 0 Å². The van der Waals surface area contributed by atoms with Gasteiger partial charge in [-0.2, -0.15) is 0 Å². The Morgan fingerprint density at radius 2 is 1.84 bits per heavy atom. The molecule has 0 saturated carbocycles. The van der Waals surface area contributed by atoms with E-state index in [1.807, 2.05) is 32.0 Å². The van der Waals surface area contributed by atoms with Crippen molar-refractivity contribution in [2.75, 3.05) is 0 Å². The first-order chi connectivity index (χ1) is 9.02.